The van der Waals surface area contributed by atoms with E-state index in [0.717, 1.165) is 17.8 Å². The fourth-order valence-corrected chi connectivity index (χ4v) is 2.65. The minimum atomic E-state index is 0.00384. The van der Waals surface area contributed by atoms with E-state index in [1.165, 1.54) is 5.56 Å². The maximum absolute atomic E-state index is 9.33. The number of aliphatic hydroxyl groups is 1. The normalized spacial score (nSPS) is 10.5. The summed E-state index contributed by atoms with van der Waals surface area (Å²) in [5, 5.41) is 14.2. The van der Waals surface area contributed by atoms with Gasteiger partial charge in [0.15, 0.2) is 0 Å². The van der Waals surface area contributed by atoms with Crippen LogP contribution in [0.25, 0.3) is 0 Å². The molecular weight excluding hydrogens is 254 g/mol. The molecule has 0 bridgehead atoms. The van der Waals surface area contributed by atoms with Crippen molar-refractivity contribution in [3.63, 3.8) is 0 Å². The molecule has 0 saturated heterocycles. The van der Waals surface area contributed by atoms with Crippen LogP contribution in [0.1, 0.15) is 11.1 Å². The summed E-state index contributed by atoms with van der Waals surface area (Å²) in [4.78, 5) is 2.12. The van der Waals surface area contributed by atoms with Gasteiger partial charge in [-0.3, -0.25) is 0 Å². The van der Waals surface area contributed by atoms with E-state index in [9.17, 15) is 5.11 Å². The summed E-state index contributed by atoms with van der Waals surface area (Å²) in [5.74, 6) is 0. The molecule has 1 heterocycles. The number of thiophene rings is 1. The molecule has 0 amide bonds. The van der Waals surface area contributed by atoms with Crippen LogP contribution in [0.15, 0.2) is 35.0 Å². The maximum Gasteiger partial charge on any atom is 0.0702 e. The van der Waals surface area contributed by atoms with E-state index in [2.05, 4.69) is 21.7 Å². The molecule has 0 aliphatic carbocycles. The predicted octanol–water partition coefficient (Wildman–Crippen LogP) is 3.53. The number of hydrogen-bond donors (Lipinski definition) is 1. The van der Waals surface area contributed by atoms with Crippen LogP contribution < -0.4 is 4.90 Å². The SMILES string of the molecule is CN(Cc1ccsc1)c1ccc(Cl)cc1CO. The van der Waals surface area contributed by atoms with Gasteiger partial charge < -0.3 is 10.0 Å². The van der Waals surface area contributed by atoms with Crippen LogP contribution in [0, 0.1) is 0 Å². The van der Waals surface area contributed by atoms with Gasteiger partial charge in [-0.1, -0.05) is 11.6 Å². The highest BCUT2D eigenvalue weighted by atomic mass is 35.5. The second-order valence-electron chi connectivity index (χ2n) is 3.92. The first-order valence-corrected chi connectivity index (χ1v) is 6.64. The molecule has 0 aliphatic heterocycles. The predicted molar refractivity (Wildman–Crippen MR) is 73.8 cm³/mol. The van der Waals surface area contributed by atoms with Crippen LogP contribution in [0.4, 0.5) is 5.69 Å². The molecule has 90 valence electrons. The highest BCUT2D eigenvalue weighted by molar-refractivity contribution is 7.07. The van der Waals surface area contributed by atoms with Crippen LogP contribution in [0.5, 0.6) is 0 Å². The van der Waals surface area contributed by atoms with Crippen LogP contribution in [-0.4, -0.2) is 12.2 Å². The molecule has 2 nitrogen and oxygen atoms in total. The number of halogens is 1. The monoisotopic (exact) mass is 267 g/mol. The Bertz CT molecular complexity index is 484. The minimum absolute atomic E-state index is 0.00384. The summed E-state index contributed by atoms with van der Waals surface area (Å²) in [7, 11) is 2.01. The van der Waals surface area contributed by atoms with E-state index in [1.807, 2.05) is 19.2 Å². The van der Waals surface area contributed by atoms with Gasteiger partial charge in [0.2, 0.25) is 0 Å². The molecule has 0 radical (unpaired) electrons. The first kappa shape index (κ1) is 12.4. The van der Waals surface area contributed by atoms with E-state index in [4.69, 9.17) is 11.6 Å². The van der Waals surface area contributed by atoms with Crippen molar-refractivity contribution >= 4 is 28.6 Å². The molecule has 0 saturated carbocycles. The fraction of sp³-hybridized carbons (Fsp3) is 0.231. The number of hydrogen-bond acceptors (Lipinski definition) is 3. The molecular formula is C13H14ClNOS. The Labute approximate surface area is 110 Å². The zero-order chi connectivity index (χ0) is 12.3. The van der Waals surface area contributed by atoms with Crippen molar-refractivity contribution in [1.82, 2.24) is 0 Å². The van der Waals surface area contributed by atoms with E-state index >= 15 is 0 Å². The Kier molecular flexibility index (Phi) is 4.05. The van der Waals surface area contributed by atoms with Crippen molar-refractivity contribution in [2.24, 2.45) is 0 Å². The number of rotatable bonds is 4. The number of aliphatic hydroxyl groups excluding tert-OH is 1. The average molecular weight is 268 g/mol. The summed E-state index contributed by atoms with van der Waals surface area (Å²) in [6.45, 7) is 0.835. The number of nitrogens with zero attached hydrogens (tertiary/aromatic N) is 1. The van der Waals surface area contributed by atoms with E-state index in [1.54, 1.807) is 17.4 Å². The van der Waals surface area contributed by atoms with Crippen molar-refractivity contribution in [2.45, 2.75) is 13.2 Å². The lowest BCUT2D eigenvalue weighted by Crippen LogP contribution is -2.17. The second-order valence-corrected chi connectivity index (χ2v) is 5.14. The number of benzene rings is 1. The quantitative estimate of drug-likeness (QED) is 0.916. The molecule has 2 rings (SSSR count). The van der Waals surface area contributed by atoms with Gasteiger partial charge in [-0.05, 0) is 40.6 Å². The van der Waals surface area contributed by atoms with Crippen molar-refractivity contribution in [2.75, 3.05) is 11.9 Å². The van der Waals surface area contributed by atoms with Gasteiger partial charge in [0, 0.05) is 29.9 Å². The third-order valence-electron chi connectivity index (χ3n) is 2.62. The molecule has 0 fully saturated rings. The third-order valence-corrected chi connectivity index (χ3v) is 3.59. The fourth-order valence-electron chi connectivity index (χ4n) is 1.79. The highest BCUT2D eigenvalue weighted by Crippen LogP contribution is 2.25. The molecule has 0 spiro atoms. The lowest BCUT2D eigenvalue weighted by molar-refractivity contribution is 0.282. The van der Waals surface area contributed by atoms with Crippen LogP contribution in [-0.2, 0) is 13.2 Å². The largest absolute Gasteiger partial charge is 0.392 e. The summed E-state index contributed by atoms with van der Waals surface area (Å²) in [5.41, 5.74) is 3.15. The third kappa shape index (κ3) is 3.00. The first-order valence-electron chi connectivity index (χ1n) is 5.32. The van der Waals surface area contributed by atoms with Crippen LogP contribution in [0.2, 0.25) is 5.02 Å². The first-order chi connectivity index (χ1) is 8.20. The molecule has 0 atom stereocenters. The van der Waals surface area contributed by atoms with Gasteiger partial charge in [-0.25, -0.2) is 0 Å². The lowest BCUT2D eigenvalue weighted by Gasteiger charge is -2.21. The summed E-state index contributed by atoms with van der Waals surface area (Å²) < 4.78 is 0. The molecule has 1 N–H and O–H groups in total. The molecule has 1 aromatic carbocycles. The van der Waals surface area contributed by atoms with E-state index in [-0.39, 0.29) is 6.61 Å². The smallest absolute Gasteiger partial charge is 0.0702 e. The molecule has 4 heteroatoms. The van der Waals surface area contributed by atoms with Crippen molar-refractivity contribution in [3.8, 4) is 0 Å². The highest BCUT2D eigenvalue weighted by Gasteiger charge is 2.08. The molecule has 0 aliphatic rings. The zero-order valence-electron chi connectivity index (χ0n) is 9.56. The lowest BCUT2D eigenvalue weighted by atomic mass is 10.1. The van der Waals surface area contributed by atoms with E-state index in [0.29, 0.717) is 5.02 Å². The Hall–Kier alpha value is -1.03. The summed E-state index contributed by atoms with van der Waals surface area (Å²) in [6.07, 6.45) is 0. The number of anilines is 1. The Balaban J connectivity index is 2.21. The topological polar surface area (TPSA) is 23.5 Å². The molecule has 17 heavy (non-hydrogen) atoms. The van der Waals surface area contributed by atoms with Gasteiger partial charge in [-0.15, -0.1) is 0 Å². The zero-order valence-corrected chi connectivity index (χ0v) is 11.1. The van der Waals surface area contributed by atoms with Gasteiger partial charge >= 0.3 is 0 Å². The van der Waals surface area contributed by atoms with Gasteiger partial charge in [-0.2, -0.15) is 11.3 Å². The molecule has 2 aromatic rings. The van der Waals surface area contributed by atoms with Gasteiger partial charge in [0.1, 0.15) is 0 Å². The van der Waals surface area contributed by atoms with E-state index < -0.39 is 0 Å². The summed E-state index contributed by atoms with van der Waals surface area (Å²) in [6, 6.07) is 7.71. The van der Waals surface area contributed by atoms with Crippen LogP contribution in [0.3, 0.4) is 0 Å². The van der Waals surface area contributed by atoms with Crippen molar-refractivity contribution in [3.05, 3.63) is 51.2 Å². The maximum atomic E-state index is 9.33. The minimum Gasteiger partial charge on any atom is -0.392 e. The average Bonchev–Trinajstić information content (AvgIpc) is 2.81. The van der Waals surface area contributed by atoms with Crippen molar-refractivity contribution < 1.29 is 5.11 Å². The standard InChI is InChI=1S/C13H14ClNOS/c1-15(7-10-4-5-17-9-10)13-3-2-12(14)6-11(13)8-16/h2-6,9,16H,7-8H2,1H3. The van der Waals surface area contributed by atoms with Gasteiger partial charge in [0.05, 0.1) is 6.61 Å². The Morgan fingerprint density at radius 1 is 1.35 bits per heavy atom. The second kappa shape index (κ2) is 5.54. The van der Waals surface area contributed by atoms with Crippen LogP contribution >= 0.6 is 22.9 Å². The Morgan fingerprint density at radius 3 is 2.82 bits per heavy atom. The molecule has 0 unspecified atom stereocenters. The van der Waals surface area contributed by atoms with Crippen molar-refractivity contribution in [1.29, 1.82) is 0 Å². The molecule has 1 aromatic heterocycles. The summed E-state index contributed by atoms with van der Waals surface area (Å²) >= 11 is 7.61. The van der Waals surface area contributed by atoms with Gasteiger partial charge in [0.25, 0.3) is 0 Å². The Morgan fingerprint density at radius 2 is 2.18 bits per heavy atom.